The third-order valence-electron chi connectivity index (χ3n) is 4.63. The van der Waals surface area contributed by atoms with Gasteiger partial charge in [0.05, 0.1) is 24.8 Å². The van der Waals surface area contributed by atoms with Gasteiger partial charge < -0.3 is 4.90 Å². The van der Waals surface area contributed by atoms with Crippen LogP contribution >= 0.6 is 0 Å². The molecule has 2 bridgehead atoms. The fourth-order valence-electron chi connectivity index (χ4n) is 3.45. The summed E-state index contributed by atoms with van der Waals surface area (Å²) in [7, 11) is -4.73. The molecule has 1 aromatic heterocycles. The minimum atomic E-state index is -4.73. The summed E-state index contributed by atoms with van der Waals surface area (Å²) in [5, 5.41) is 9.02. The molecule has 1 aromatic carbocycles. The van der Waals surface area contributed by atoms with Crippen molar-refractivity contribution in [1.29, 1.82) is 0 Å². The van der Waals surface area contributed by atoms with E-state index in [9.17, 15) is 13.2 Å². The molecule has 3 heterocycles. The van der Waals surface area contributed by atoms with Gasteiger partial charge in [-0.15, -0.1) is 9.38 Å². The van der Waals surface area contributed by atoms with Crippen LogP contribution in [0.25, 0.3) is 11.3 Å². The molecule has 13 heteroatoms. The van der Waals surface area contributed by atoms with Crippen molar-refractivity contribution in [2.24, 2.45) is 0 Å². The zero-order valence-corrected chi connectivity index (χ0v) is 15.8. The number of fused-ring (bicyclic) bond motifs is 2. The fourth-order valence-corrected chi connectivity index (χ4v) is 3.83. The molecule has 154 valence electrons. The molecule has 2 amide bonds. The second kappa shape index (κ2) is 8.49. The van der Waals surface area contributed by atoms with E-state index in [-0.39, 0.29) is 12.2 Å². The molecule has 2 atom stereocenters. The zero-order chi connectivity index (χ0) is 21.0. The number of rotatable bonds is 5. The second-order valence-electron chi connectivity index (χ2n) is 6.42. The maximum absolute atomic E-state index is 12.4. The second-order valence-corrected chi connectivity index (χ2v) is 7.43. The molecule has 12 nitrogen and oxygen atoms in total. The number of carbonyl (C=O) groups is 1. The molecule has 29 heavy (non-hydrogen) atoms. The molecule has 2 aliphatic rings. The number of benzene rings is 1. The van der Waals surface area contributed by atoms with Crippen molar-refractivity contribution in [2.75, 3.05) is 6.54 Å². The van der Waals surface area contributed by atoms with Crippen LogP contribution in [0.5, 0.6) is 0 Å². The maximum Gasteiger partial charge on any atom is 0.418 e. The number of hydrogen-bond donors (Lipinski definition) is 1. The first-order valence-corrected chi connectivity index (χ1v) is 9.90. The molecule has 2 fully saturated rings. The number of carbonyl (C=O) groups excluding carboxylic acids is 3. The number of hydrogen-bond acceptors (Lipinski definition) is 8. The molecular formula is C16H17N5O7S. The minimum Gasteiger partial charge on any atom is -0.316 e. The van der Waals surface area contributed by atoms with Crippen LogP contribution in [0, 0.1) is 0 Å². The molecule has 0 radical (unpaired) electrons. The lowest BCUT2D eigenvalue weighted by atomic mass is 10.0. The molecule has 0 spiro atoms. The van der Waals surface area contributed by atoms with Crippen LogP contribution in [0.1, 0.15) is 12.8 Å². The van der Waals surface area contributed by atoms with Crippen molar-refractivity contribution >= 4 is 22.6 Å². The van der Waals surface area contributed by atoms with E-state index in [0.29, 0.717) is 25.9 Å². The van der Waals surface area contributed by atoms with Gasteiger partial charge in [0.1, 0.15) is 5.69 Å². The summed E-state index contributed by atoms with van der Waals surface area (Å²) >= 11 is 0. The lowest BCUT2D eigenvalue weighted by Crippen LogP contribution is -2.42. The van der Waals surface area contributed by atoms with Crippen molar-refractivity contribution < 1.29 is 31.6 Å². The Labute approximate surface area is 165 Å². The zero-order valence-electron chi connectivity index (χ0n) is 15.0. The highest BCUT2D eigenvalue weighted by Gasteiger charge is 2.47. The van der Waals surface area contributed by atoms with E-state index in [1.165, 1.54) is 0 Å². The summed E-state index contributed by atoms with van der Waals surface area (Å²) in [5.74, 6) is 0. The molecule has 2 aromatic rings. The van der Waals surface area contributed by atoms with Gasteiger partial charge in [-0.25, -0.2) is 9.48 Å². The van der Waals surface area contributed by atoms with Crippen LogP contribution in [-0.4, -0.2) is 68.7 Å². The number of aromatic nitrogens is 3. The molecule has 0 saturated carbocycles. The summed E-state index contributed by atoms with van der Waals surface area (Å²) in [6, 6.07) is 8.52. The minimum absolute atomic E-state index is 0.154. The van der Waals surface area contributed by atoms with Gasteiger partial charge >= 0.3 is 22.6 Å². The van der Waals surface area contributed by atoms with Gasteiger partial charge in [0.25, 0.3) is 0 Å². The molecule has 2 unspecified atom stereocenters. The number of nitrogens with zero attached hydrogens (tertiary/aromatic N) is 5. The van der Waals surface area contributed by atoms with E-state index >= 15 is 0 Å². The van der Waals surface area contributed by atoms with Crippen molar-refractivity contribution in [1.82, 2.24) is 25.0 Å². The summed E-state index contributed by atoms with van der Waals surface area (Å²) in [5.41, 5.74) is 1.69. The molecule has 2 saturated heterocycles. The monoisotopic (exact) mass is 423 g/mol. The first kappa shape index (κ1) is 20.6. The van der Waals surface area contributed by atoms with Crippen LogP contribution in [0.2, 0.25) is 0 Å². The average molecular weight is 423 g/mol. The first-order valence-electron chi connectivity index (χ1n) is 8.54. The standard InChI is InChI=1S/C15H17N5O5S.CO2/c21-15-19-9-13(20(15)25-26(22,23)24)7-6-12(19)8-18-10-14(16-17-18)11-4-2-1-3-5-11;2-1-3/h1-5,10,12-13H,6-9H2,(H,22,23,24);. The van der Waals surface area contributed by atoms with Gasteiger partial charge in [0.2, 0.25) is 0 Å². The third kappa shape index (κ3) is 4.84. The highest BCUT2D eigenvalue weighted by atomic mass is 32.3. The van der Waals surface area contributed by atoms with Gasteiger partial charge in [-0.05, 0) is 12.8 Å². The van der Waals surface area contributed by atoms with E-state index in [1.54, 1.807) is 9.58 Å². The predicted molar refractivity (Wildman–Crippen MR) is 93.8 cm³/mol. The third-order valence-corrected chi connectivity index (χ3v) is 4.98. The number of hydroxylamine groups is 2. The molecule has 1 N–H and O–H groups in total. The van der Waals surface area contributed by atoms with E-state index in [1.807, 2.05) is 36.5 Å². The van der Waals surface area contributed by atoms with Gasteiger partial charge in [-0.3, -0.25) is 4.55 Å². The summed E-state index contributed by atoms with van der Waals surface area (Å²) in [6.07, 6.45) is 3.30. The Kier molecular flexibility index (Phi) is 6.03. The summed E-state index contributed by atoms with van der Waals surface area (Å²) < 4.78 is 36.8. The first-order chi connectivity index (χ1) is 13.8. The number of piperidine rings is 1. The van der Waals surface area contributed by atoms with Crippen molar-refractivity contribution in [2.45, 2.75) is 31.5 Å². The highest BCUT2D eigenvalue weighted by molar-refractivity contribution is 7.80. The SMILES string of the molecule is O=C1N2CC(CCC2Cn2cc(-c3ccccc3)nn2)N1OS(=O)(=O)O.O=C=O. The molecule has 4 rings (SSSR count). The summed E-state index contributed by atoms with van der Waals surface area (Å²) in [4.78, 5) is 30.2. The Morgan fingerprint density at radius 1 is 1.21 bits per heavy atom. The topological polar surface area (TPSA) is 152 Å². The van der Waals surface area contributed by atoms with E-state index in [0.717, 1.165) is 16.3 Å². The van der Waals surface area contributed by atoms with Crippen LogP contribution < -0.4 is 0 Å². The van der Waals surface area contributed by atoms with Crippen LogP contribution in [0.4, 0.5) is 4.79 Å². The van der Waals surface area contributed by atoms with E-state index in [2.05, 4.69) is 14.6 Å². The maximum atomic E-state index is 12.4. The van der Waals surface area contributed by atoms with Crippen LogP contribution in [0.3, 0.4) is 0 Å². The van der Waals surface area contributed by atoms with E-state index in [4.69, 9.17) is 14.1 Å². The fraction of sp³-hybridized carbons (Fsp3) is 0.375. The van der Waals surface area contributed by atoms with Crippen LogP contribution in [0.15, 0.2) is 36.5 Å². The largest absolute Gasteiger partial charge is 0.418 e. The Balaban J connectivity index is 0.000000755. The van der Waals surface area contributed by atoms with Crippen LogP contribution in [-0.2, 0) is 30.8 Å². The highest BCUT2D eigenvalue weighted by Crippen LogP contribution is 2.31. The lowest BCUT2D eigenvalue weighted by Gasteiger charge is -2.29. The number of urea groups is 1. The number of amides is 2. The normalized spacial score (nSPS) is 20.8. The smallest absolute Gasteiger partial charge is 0.316 e. The summed E-state index contributed by atoms with van der Waals surface area (Å²) in [6.45, 7) is 0.789. The quantitative estimate of drug-likeness (QED) is 0.672. The van der Waals surface area contributed by atoms with Gasteiger partial charge in [0, 0.05) is 12.1 Å². The lowest BCUT2D eigenvalue weighted by molar-refractivity contribution is -0.191. The van der Waals surface area contributed by atoms with Gasteiger partial charge in [-0.1, -0.05) is 35.5 Å². The Morgan fingerprint density at radius 3 is 2.55 bits per heavy atom. The molecular weight excluding hydrogens is 406 g/mol. The van der Waals surface area contributed by atoms with Gasteiger partial charge in [-0.2, -0.15) is 23.1 Å². The van der Waals surface area contributed by atoms with Gasteiger partial charge in [0.15, 0.2) is 0 Å². The predicted octanol–water partition coefficient (Wildman–Crippen LogP) is 0.365. The Hall–Kier alpha value is -3.12. The van der Waals surface area contributed by atoms with Crippen molar-refractivity contribution in [3.63, 3.8) is 0 Å². The average Bonchev–Trinajstić information content (AvgIpc) is 3.23. The van der Waals surface area contributed by atoms with Crippen molar-refractivity contribution in [3.8, 4) is 11.3 Å². The van der Waals surface area contributed by atoms with E-state index < -0.39 is 22.5 Å². The molecule has 0 aliphatic carbocycles. The molecule has 2 aliphatic heterocycles. The Morgan fingerprint density at radius 2 is 1.90 bits per heavy atom. The Bertz CT molecular complexity index is 1000. The van der Waals surface area contributed by atoms with Crippen molar-refractivity contribution in [3.05, 3.63) is 36.5 Å².